The van der Waals surface area contributed by atoms with Gasteiger partial charge >= 0.3 is 0 Å². The lowest BCUT2D eigenvalue weighted by Gasteiger charge is -2.22. The third kappa shape index (κ3) is 3.61. The summed E-state index contributed by atoms with van der Waals surface area (Å²) in [4.78, 5) is 0. The largest absolute Gasteiger partial charge is 0.327 e. The zero-order valence-corrected chi connectivity index (χ0v) is 13.6. The highest BCUT2D eigenvalue weighted by Gasteiger charge is 2.17. The number of hydrogen-bond acceptors (Lipinski definition) is 3. The van der Waals surface area contributed by atoms with Gasteiger partial charge in [-0.1, -0.05) is 37.5 Å². The molecule has 0 aliphatic heterocycles. The predicted molar refractivity (Wildman–Crippen MR) is 91.7 cm³/mol. The smallest absolute Gasteiger partial charge is 0.0718 e. The van der Waals surface area contributed by atoms with Gasteiger partial charge in [-0.25, -0.2) is 0 Å². The van der Waals surface area contributed by atoms with Crippen LogP contribution in [0.1, 0.15) is 37.8 Å². The molecule has 0 spiro atoms. The van der Waals surface area contributed by atoms with Crippen LogP contribution >= 0.6 is 11.8 Å². The maximum absolute atomic E-state index is 6.35. The number of hydrogen-bond donors (Lipinski definition) is 1. The van der Waals surface area contributed by atoms with Crippen molar-refractivity contribution in [1.29, 1.82) is 0 Å². The molecule has 1 aliphatic carbocycles. The molecule has 0 radical (unpaired) electrons. The third-order valence-electron chi connectivity index (χ3n) is 4.39. The average molecular weight is 303 g/mol. The van der Waals surface area contributed by atoms with Gasteiger partial charge < -0.3 is 5.73 Å². The van der Waals surface area contributed by atoms with Crippen LogP contribution in [0.4, 0.5) is 0 Å². The fraction of sp³-hybridized carbons (Fsp3) is 0.588. The predicted octanol–water partition coefficient (Wildman–Crippen LogP) is 3.51. The van der Waals surface area contributed by atoms with Gasteiger partial charge in [0.2, 0.25) is 0 Å². The van der Waals surface area contributed by atoms with E-state index < -0.39 is 0 Å². The van der Waals surface area contributed by atoms with Crippen LogP contribution in [0.5, 0.6) is 0 Å². The van der Waals surface area contributed by atoms with Gasteiger partial charge in [-0.2, -0.15) is 16.9 Å². The Labute approximate surface area is 131 Å². The fourth-order valence-electron chi connectivity index (χ4n) is 3.24. The van der Waals surface area contributed by atoms with Crippen LogP contribution in [0.3, 0.4) is 0 Å². The Balaban J connectivity index is 1.59. The van der Waals surface area contributed by atoms with Crippen molar-refractivity contribution in [3.8, 4) is 0 Å². The number of nitrogens with zero attached hydrogens (tertiary/aromatic N) is 2. The summed E-state index contributed by atoms with van der Waals surface area (Å²) >= 11 is 2.08. The highest BCUT2D eigenvalue weighted by atomic mass is 32.2. The van der Waals surface area contributed by atoms with E-state index in [-0.39, 0.29) is 6.04 Å². The summed E-state index contributed by atoms with van der Waals surface area (Å²) in [5.41, 5.74) is 8.69. The van der Waals surface area contributed by atoms with Gasteiger partial charge in [-0.3, -0.25) is 4.68 Å². The molecular weight excluding hydrogens is 278 g/mol. The van der Waals surface area contributed by atoms with Crippen LogP contribution in [0.15, 0.2) is 24.3 Å². The van der Waals surface area contributed by atoms with E-state index in [4.69, 9.17) is 5.73 Å². The maximum atomic E-state index is 6.35. The highest BCUT2D eigenvalue weighted by molar-refractivity contribution is 7.99. The quantitative estimate of drug-likeness (QED) is 0.919. The van der Waals surface area contributed by atoms with Crippen molar-refractivity contribution in [1.82, 2.24) is 9.78 Å². The van der Waals surface area contributed by atoms with Gasteiger partial charge in [0.1, 0.15) is 0 Å². The number of nitrogens with two attached hydrogens (primary N) is 1. The van der Waals surface area contributed by atoms with Gasteiger partial charge in [0.05, 0.1) is 11.2 Å². The molecule has 1 heterocycles. The van der Waals surface area contributed by atoms with Crippen molar-refractivity contribution in [2.24, 2.45) is 12.8 Å². The lowest BCUT2D eigenvalue weighted by molar-refractivity contribution is 0.515. The van der Waals surface area contributed by atoms with E-state index in [1.54, 1.807) is 0 Å². The van der Waals surface area contributed by atoms with E-state index in [1.165, 1.54) is 43.0 Å². The second-order valence-electron chi connectivity index (χ2n) is 6.15. The molecule has 0 bridgehead atoms. The molecule has 1 aromatic heterocycles. The number of benzene rings is 1. The third-order valence-corrected chi connectivity index (χ3v) is 5.95. The molecule has 1 aromatic carbocycles. The summed E-state index contributed by atoms with van der Waals surface area (Å²) in [6.07, 6.45) is 7.85. The monoisotopic (exact) mass is 303 g/mol. The van der Waals surface area contributed by atoms with Gasteiger partial charge in [-0.15, -0.1) is 0 Å². The summed E-state index contributed by atoms with van der Waals surface area (Å²) in [7, 11) is 2.01. The first-order valence-electron chi connectivity index (χ1n) is 8.02. The molecule has 0 amide bonds. The second-order valence-corrected chi connectivity index (χ2v) is 7.48. The van der Waals surface area contributed by atoms with Crippen LogP contribution in [-0.2, 0) is 13.5 Å². The van der Waals surface area contributed by atoms with Crippen molar-refractivity contribution in [2.45, 2.75) is 49.8 Å². The summed E-state index contributed by atoms with van der Waals surface area (Å²) in [6, 6.07) is 8.62. The summed E-state index contributed by atoms with van der Waals surface area (Å²) in [5.74, 6) is 1.05. The van der Waals surface area contributed by atoms with Crippen LogP contribution in [0.2, 0.25) is 0 Å². The van der Waals surface area contributed by atoms with Crippen LogP contribution < -0.4 is 5.73 Å². The molecule has 4 heteroatoms. The standard InChI is InChI=1S/C17H25N3S/c1-20-17-10-6-5-9-15(17)16(19-20)11-13(18)12-21-14-7-3-2-4-8-14/h5-6,9-10,13-14H,2-4,7-8,11-12,18H2,1H3. The molecule has 1 fully saturated rings. The molecule has 1 saturated carbocycles. The Bertz CT molecular complexity index is 587. The molecule has 3 nitrogen and oxygen atoms in total. The van der Waals surface area contributed by atoms with Crippen molar-refractivity contribution < 1.29 is 0 Å². The Morgan fingerprint density at radius 1 is 1.29 bits per heavy atom. The van der Waals surface area contributed by atoms with Gasteiger partial charge in [-0.05, 0) is 18.9 Å². The number of fused-ring (bicyclic) bond motifs is 1. The Hall–Kier alpha value is -1.00. The van der Waals surface area contributed by atoms with Crippen LogP contribution in [-0.4, -0.2) is 26.8 Å². The highest BCUT2D eigenvalue weighted by Crippen LogP contribution is 2.29. The number of para-hydroxylation sites is 1. The van der Waals surface area contributed by atoms with E-state index >= 15 is 0 Å². The van der Waals surface area contributed by atoms with Crippen molar-refractivity contribution in [2.75, 3.05) is 5.75 Å². The van der Waals surface area contributed by atoms with Crippen LogP contribution in [0.25, 0.3) is 10.9 Å². The van der Waals surface area contributed by atoms with E-state index in [0.717, 1.165) is 23.1 Å². The van der Waals surface area contributed by atoms with Gasteiger partial charge in [0.15, 0.2) is 0 Å². The van der Waals surface area contributed by atoms with E-state index in [2.05, 4.69) is 41.1 Å². The molecule has 2 N–H and O–H groups in total. The molecule has 2 aromatic rings. The van der Waals surface area contributed by atoms with Crippen molar-refractivity contribution >= 4 is 22.7 Å². The molecule has 114 valence electrons. The summed E-state index contributed by atoms with van der Waals surface area (Å²) in [5, 5.41) is 6.74. The first kappa shape index (κ1) is 14.9. The molecular formula is C17H25N3S. The number of aromatic nitrogens is 2. The molecule has 1 atom stereocenters. The number of aryl methyl sites for hydroxylation is 1. The lowest BCUT2D eigenvalue weighted by Crippen LogP contribution is -2.27. The van der Waals surface area contributed by atoms with Crippen molar-refractivity contribution in [3.63, 3.8) is 0 Å². The number of thioether (sulfide) groups is 1. The lowest BCUT2D eigenvalue weighted by atomic mass is 10.0. The van der Waals surface area contributed by atoms with Gasteiger partial charge in [0.25, 0.3) is 0 Å². The van der Waals surface area contributed by atoms with E-state index in [1.807, 2.05) is 11.7 Å². The molecule has 3 rings (SSSR count). The van der Waals surface area contributed by atoms with Crippen molar-refractivity contribution in [3.05, 3.63) is 30.0 Å². The average Bonchev–Trinajstić information content (AvgIpc) is 2.83. The zero-order valence-electron chi connectivity index (χ0n) is 12.8. The molecule has 1 unspecified atom stereocenters. The second kappa shape index (κ2) is 6.84. The zero-order chi connectivity index (χ0) is 14.7. The first-order chi connectivity index (χ1) is 10.2. The SMILES string of the molecule is Cn1nc(CC(N)CSC2CCCCC2)c2ccccc21. The Kier molecular flexibility index (Phi) is 4.86. The number of rotatable bonds is 5. The van der Waals surface area contributed by atoms with Gasteiger partial charge in [0, 0.05) is 35.9 Å². The minimum Gasteiger partial charge on any atom is -0.327 e. The van der Waals surface area contributed by atoms with Crippen LogP contribution in [0, 0.1) is 0 Å². The minimum absolute atomic E-state index is 0.204. The van der Waals surface area contributed by atoms with E-state index in [9.17, 15) is 0 Å². The molecule has 1 aliphatic rings. The minimum atomic E-state index is 0.204. The first-order valence-corrected chi connectivity index (χ1v) is 9.06. The normalized spacial score (nSPS) is 18.2. The molecule has 0 saturated heterocycles. The molecule has 21 heavy (non-hydrogen) atoms. The Morgan fingerprint density at radius 2 is 2.05 bits per heavy atom. The topological polar surface area (TPSA) is 43.8 Å². The maximum Gasteiger partial charge on any atom is 0.0718 e. The summed E-state index contributed by atoms with van der Waals surface area (Å²) in [6.45, 7) is 0. The summed E-state index contributed by atoms with van der Waals surface area (Å²) < 4.78 is 1.96. The van der Waals surface area contributed by atoms with E-state index in [0.29, 0.717) is 0 Å². The fourth-order valence-corrected chi connectivity index (χ4v) is 4.54. The Morgan fingerprint density at radius 3 is 2.86 bits per heavy atom.